The van der Waals surface area contributed by atoms with Gasteiger partial charge in [0, 0.05) is 12.4 Å². The Kier molecular flexibility index (Phi) is 3.14. The predicted molar refractivity (Wildman–Crippen MR) is 53.9 cm³/mol. The fraction of sp³-hybridized carbons (Fsp3) is 0.545. The average molecular weight is 230 g/mol. The molecule has 1 aliphatic rings. The highest BCUT2D eigenvalue weighted by Crippen LogP contribution is 2.32. The monoisotopic (exact) mass is 230 g/mol. The van der Waals surface area contributed by atoms with Gasteiger partial charge in [-0.2, -0.15) is 13.2 Å². The lowest BCUT2D eigenvalue weighted by atomic mass is 9.96. The standard InChI is InChI=1S/C11H13F3N2/c12-11(13,14)10-7-16-4-2-9(10)5-8-1-3-15-6-8/h2,4,7-8,15H,1,3,5-6H2. The van der Waals surface area contributed by atoms with Crippen molar-refractivity contribution in [3.8, 4) is 0 Å². The van der Waals surface area contributed by atoms with Crippen molar-refractivity contribution >= 4 is 0 Å². The summed E-state index contributed by atoms with van der Waals surface area (Å²) in [4.78, 5) is 3.55. The van der Waals surface area contributed by atoms with E-state index in [2.05, 4.69) is 10.3 Å². The van der Waals surface area contributed by atoms with Crippen LogP contribution in [0.1, 0.15) is 17.5 Å². The zero-order chi connectivity index (χ0) is 11.6. The number of halogens is 3. The van der Waals surface area contributed by atoms with Crippen molar-refractivity contribution in [1.29, 1.82) is 0 Å². The summed E-state index contributed by atoms with van der Waals surface area (Å²) < 4.78 is 38.0. The van der Waals surface area contributed by atoms with Crippen LogP contribution in [-0.4, -0.2) is 18.1 Å². The van der Waals surface area contributed by atoms with E-state index in [0.717, 1.165) is 25.7 Å². The number of alkyl halides is 3. The van der Waals surface area contributed by atoms with E-state index >= 15 is 0 Å². The molecule has 2 nitrogen and oxygen atoms in total. The second-order valence-electron chi connectivity index (χ2n) is 4.09. The van der Waals surface area contributed by atoms with E-state index in [0.29, 0.717) is 17.9 Å². The number of hydrogen-bond acceptors (Lipinski definition) is 2. The Bertz CT molecular complexity index is 356. The molecule has 1 N–H and O–H groups in total. The molecule has 1 saturated heterocycles. The van der Waals surface area contributed by atoms with Gasteiger partial charge in [-0.25, -0.2) is 0 Å². The van der Waals surface area contributed by atoms with Gasteiger partial charge in [0.15, 0.2) is 0 Å². The quantitative estimate of drug-likeness (QED) is 0.842. The maximum Gasteiger partial charge on any atom is 0.418 e. The van der Waals surface area contributed by atoms with Crippen LogP contribution >= 0.6 is 0 Å². The smallest absolute Gasteiger partial charge is 0.316 e. The maximum absolute atomic E-state index is 12.7. The first-order valence-electron chi connectivity index (χ1n) is 5.28. The summed E-state index contributed by atoms with van der Waals surface area (Å²) in [6.45, 7) is 1.71. The molecule has 0 aromatic carbocycles. The van der Waals surface area contributed by atoms with Crippen molar-refractivity contribution in [2.75, 3.05) is 13.1 Å². The van der Waals surface area contributed by atoms with Crippen LogP contribution in [0.3, 0.4) is 0 Å². The third-order valence-corrected chi connectivity index (χ3v) is 2.89. The Morgan fingerprint density at radius 3 is 2.88 bits per heavy atom. The summed E-state index contributed by atoms with van der Waals surface area (Å²) in [6.07, 6.45) is -0.537. The van der Waals surface area contributed by atoms with E-state index in [9.17, 15) is 13.2 Å². The highest BCUT2D eigenvalue weighted by atomic mass is 19.4. The topological polar surface area (TPSA) is 24.9 Å². The largest absolute Gasteiger partial charge is 0.418 e. The zero-order valence-corrected chi connectivity index (χ0v) is 8.72. The summed E-state index contributed by atoms with van der Waals surface area (Å²) in [5.41, 5.74) is -0.238. The fourth-order valence-corrected chi connectivity index (χ4v) is 2.06. The molecule has 1 atom stereocenters. The molecule has 88 valence electrons. The third-order valence-electron chi connectivity index (χ3n) is 2.89. The molecule has 0 amide bonds. The SMILES string of the molecule is FC(F)(F)c1cnccc1CC1CCNC1. The Morgan fingerprint density at radius 1 is 1.44 bits per heavy atom. The molecule has 1 fully saturated rings. The molecule has 1 aliphatic heterocycles. The van der Waals surface area contributed by atoms with Crippen molar-refractivity contribution in [3.63, 3.8) is 0 Å². The van der Waals surface area contributed by atoms with Gasteiger partial charge in [0.2, 0.25) is 0 Å². The van der Waals surface area contributed by atoms with Crippen LogP contribution in [0.25, 0.3) is 0 Å². The average Bonchev–Trinajstić information content (AvgIpc) is 2.70. The summed E-state index contributed by atoms with van der Waals surface area (Å²) in [7, 11) is 0. The lowest BCUT2D eigenvalue weighted by molar-refractivity contribution is -0.138. The molecule has 0 spiro atoms. The maximum atomic E-state index is 12.7. The van der Waals surface area contributed by atoms with Crippen molar-refractivity contribution in [1.82, 2.24) is 10.3 Å². The number of nitrogens with zero attached hydrogens (tertiary/aromatic N) is 1. The van der Waals surface area contributed by atoms with Crippen LogP contribution in [0, 0.1) is 5.92 Å². The van der Waals surface area contributed by atoms with Gasteiger partial charge in [-0.15, -0.1) is 0 Å². The van der Waals surface area contributed by atoms with E-state index in [4.69, 9.17) is 0 Å². The van der Waals surface area contributed by atoms with E-state index in [1.165, 1.54) is 12.3 Å². The molecule has 0 saturated carbocycles. The van der Waals surface area contributed by atoms with Crippen LogP contribution < -0.4 is 5.32 Å². The second kappa shape index (κ2) is 4.41. The van der Waals surface area contributed by atoms with Crippen LogP contribution in [-0.2, 0) is 12.6 Å². The fourth-order valence-electron chi connectivity index (χ4n) is 2.06. The minimum absolute atomic E-state index is 0.309. The van der Waals surface area contributed by atoms with Gasteiger partial charge >= 0.3 is 6.18 Å². The Balaban J connectivity index is 2.19. The molecular formula is C11H13F3N2. The molecule has 2 heterocycles. The van der Waals surface area contributed by atoms with Gasteiger partial charge < -0.3 is 5.32 Å². The molecular weight excluding hydrogens is 217 g/mol. The number of rotatable bonds is 2. The highest BCUT2D eigenvalue weighted by molar-refractivity contribution is 5.26. The highest BCUT2D eigenvalue weighted by Gasteiger charge is 2.34. The lowest BCUT2D eigenvalue weighted by Gasteiger charge is -2.14. The van der Waals surface area contributed by atoms with Crippen molar-refractivity contribution in [2.24, 2.45) is 5.92 Å². The van der Waals surface area contributed by atoms with E-state index in [1.807, 2.05) is 0 Å². The van der Waals surface area contributed by atoms with Gasteiger partial charge in [-0.3, -0.25) is 4.98 Å². The first-order valence-corrected chi connectivity index (χ1v) is 5.28. The lowest BCUT2D eigenvalue weighted by Crippen LogP contribution is -2.15. The van der Waals surface area contributed by atoms with Crippen LogP contribution in [0.15, 0.2) is 18.5 Å². The Morgan fingerprint density at radius 2 is 2.25 bits per heavy atom. The molecule has 0 bridgehead atoms. The summed E-state index contributed by atoms with van der Waals surface area (Å²) in [6, 6.07) is 1.47. The molecule has 1 aromatic rings. The minimum atomic E-state index is -4.30. The number of hydrogen-bond donors (Lipinski definition) is 1. The van der Waals surface area contributed by atoms with Gasteiger partial charge in [-0.05, 0) is 43.5 Å². The van der Waals surface area contributed by atoms with Crippen LogP contribution in [0.2, 0.25) is 0 Å². The van der Waals surface area contributed by atoms with Crippen molar-refractivity contribution in [2.45, 2.75) is 19.0 Å². The van der Waals surface area contributed by atoms with Crippen molar-refractivity contribution < 1.29 is 13.2 Å². The van der Waals surface area contributed by atoms with E-state index in [-0.39, 0.29) is 0 Å². The first-order chi connectivity index (χ1) is 7.57. The van der Waals surface area contributed by atoms with E-state index in [1.54, 1.807) is 0 Å². The molecule has 16 heavy (non-hydrogen) atoms. The summed E-state index contributed by atoms with van der Waals surface area (Å²) >= 11 is 0. The van der Waals surface area contributed by atoms with Gasteiger partial charge in [-0.1, -0.05) is 0 Å². The van der Waals surface area contributed by atoms with E-state index < -0.39 is 11.7 Å². The van der Waals surface area contributed by atoms with Gasteiger partial charge in [0.25, 0.3) is 0 Å². The molecule has 0 aliphatic carbocycles. The predicted octanol–water partition coefficient (Wildman–Crippen LogP) is 2.25. The number of nitrogens with one attached hydrogen (secondary N) is 1. The minimum Gasteiger partial charge on any atom is -0.316 e. The van der Waals surface area contributed by atoms with Gasteiger partial charge in [0.1, 0.15) is 0 Å². The molecule has 0 radical (unpaired) electrons. The zero-order valence-electron chi connectivity index (χ0n) is 8.72. The van der Waals surface area contributed by atoms with Gasteiger partial charge in [0.05, 0.1) is 5.56 Å². The summed E-state index contributed by atoms with van der Waals surface area (Å²) in [5.74, 6) is 0.309. The Hall–Kier alpha value is -1.10. The normalized spacial score (nSPS) is 21.3. The molecule has 1 aromatic heterocycles. The molecule has 1 unspecified atom stereocenters. The van der Waals surface area contributed by atoms with Crippen LogP contribution in [0.5, 0.6) is 0 Å². The molecule has 2 rings (SSSR count). The third kappa shape index (κ3) is 2.52. The molecule has 5 heteroatoms. The second-order valence-corrected chi connectivity index (χ2v) is 4.09. The Labute approximate surface area is 91.9 Å². The first kappa shape index (κ1) is 11.4. The van der Waals surface area contributed by atoms with Crippen LogP contribution in [0.4, 0.5) is 13.2 Å². The summed E-state index contributed by atoms with van der Waals surface area (Å²) in [5, 5.41) is 3.15. The number of aromatic nitrogens is 1. The number of pyridine rings is 1. The van der Waals surface area contributed by atoms with Crippen molar-refractivity contribution in [3.05, 3.63) is 29.6 Å².